The van der Waals surface area contributed by atoms with Gasteiger partial charge < -0.3 is 0 Å². The number of aromatic nitrogens is 2. The van der Waals surface area contributed by atoms with Crippen LogP contribution in [0.25, 0.3) is 0 Å². The molecule has 1 atom stereocenters. The average Bonchev–Trinajstić information content (AvgIpc) is 1.59. The Morgan fingerprint density at radius 2 is 2.22 bits per heavy atom. The maximum absolute atomic E-state index is 4.08. The van der Waals surface area contributed by atoms with Crippen LogP contribution in [0.5, 0.6) is 0 Å². The number of hydrogen-bond acceptors (Lipinski definition) is 2. The summed E-state index contributed by atoms with van der Waals surface area (Å²) in [6.07, 6.45) is 0. The van der Waals surface area contributed by atoms with Crippen molar-refractivity contribution in [2.75, 3.05) is 0 Å². The van der Waals surface area contributed by atoms with E-state index in [1.54, 1.807) is 0 Å². The molecule has 9 heavy (non-hydrogen) atoms. The third kappa shape index (κ3) is 2.14. The Balaban J connectivity index is 3.17. The van der Waals surface area contributed by atoms with Crippen LogP contribution in [-0.4, -0.2) is 9.97 Å². The molecule has 1 heterocycles. The van der Waals surface area contributed by atoms with E-state index in [9.17, 15) is 0 Å². The fraction of sp³-hybridized carbons (Fsp3) is 0.200. The molecule has 48 valence electrons. The molecular weight excluding hydrogens is 246 g/mol. The molecule has 0 aromatic carbocycles. The van der Waals surface area contributed by atoms with Crippen LogP contribution in [0.4, 0.5) is 0 Å². The minimum absolute atomic E-state index is 0.763. The van der Waals surface area contributed by atoms with E-state index in [1.165, 1.54) is 0 Å². The zero-order valence-corrected chi connectivity index (χ0v) is 8.24. The minimum atomic E-state index is 0.763. The number of aryl methyl sites for hydroxylation is 1. The fourth-order valence-corrected chi connectivity index (χ4v) is 1.86. The largest absolute Gasteiger partial charge is 0.234 e. The summed E-state index contributed by atoms with van der Waals surface area (Å²) in [6, 6.07) is 1.94. The van der Waals surface area contributed by atoms with Crippen molar-refractivity contribution in [3.63, 3.8) is 0 Å². The van der Waals surface area contributed by atoms with Gasteiger partial charge in [0.2, 0.25) is 0 Å². The number of hydrogen-bond donors (Lipinski definition) is 0. The molecular formula is C5H6IN2P. The lowest BCUT2D eigenvalue weighted by atomic mass is 10.5. The molecule has 1 aromatic heterocycles. The number of halogens is 1. The van der Waals surface area contributed by atoms with E-state index in [0.29, 0.717) is 0 Å². The van der Waals surface area contributed by atoms with Gasteiger partial charge in [0.1, 0.15) is 9.27 Å². The summed E-state index contributed by atoms with van der Waals surface area (Å²) in [6.45, 7) is 1.96. The first-order chi connectivity index (χ1) is 4.18. The molecule has 1 unspecified atom stereocenters. The van der Waals surface area contributed by atoms with E-state index in [0.717, 1.165) is 15.0 Å². The van der Waals surface area contributed by atoms with Crippen LogP contribution >= 0.6 is 31.8 Å². The van der Waals surface area contributed by atoms with Gasteiger partial charge in [-0.3, -0.25) is 0 Å². The highest BCUT2D eigenvalue weighted by Crippen LogP contribution is 1.99. The quantitative estimate of drug-likeness (QED) is 0.389. The molecule has 0 N–H and O–H groups in total. The molecule has 0 aliphatic rings. The highest BCUT2D eigenvalue weighted by molar-refractivity contribution is 14.1. The molecule has 1 rings (SSSR count). The molecule has 0 radical (unpaired) electrons. The van der Waals surface area contributed by atoms with Crippen molar-refractivity contribution in [3.05, 3.63) is 15.5 Å². The Bertz CT molecular complexity index is 176. The topological polar surface area (TPSA) is 25.8 Å². The summed E-state index contributed by atoms with van der Waals surface area (Å²) in [5.41, 5.74) is 1.78. The normalized spacial score (nSPS) is 9.67. The van der Waals surface area contributed by atoms with Crippen LogP contribution in [0.1, 0.15) is 5.69 Å². The molecule has 0 aliphatic carbocycles. The van der Waals surface area contributed by atoms with E-state index >= 15 is 0 Å². The number of rotatable bonds is 0. The molecule has 0 saturated carbocycles. The van der Waals surface area contributed by atoms with Crippen LogP contribution in [0.15, 0.2) is 6.07 Å². The summed E-state index contributed by atoms with van der Waals surface area (Å²) in [5, 5.41) is 0. The second-order valence-electron chi connectivity index (χ2n) is 1.69. The molecule has 0 fully saturated rings. The number of nitrogens with zero attached hydrogens (tertiary/aromatic N) is 2. The molecule has 0 aliphatic heterocycles. The van der Waals surface area contributed by atoms with E-state index in [1.807, 2.05) is 13.0 Å². The zero-order valence-electron chi connectivity index (χ0n) is 4.93. The maximum atomic E-state index is 4.08. The van der Waals surface area contributed by atoms with Gasteiger partial charge in [-0.25, -0.2) is 9.97 Å². The van der Waals surface area contributed by atoms with Gasteiger partial charge in [-0.05, 0) is 35.6 Å². The molecule has 2 nitrogen and oxygen atoms in total. The molecule has 1 aromatic rings. The van der Waals surface area contributed by atoms with Crippen molar-refractivity contribution < 1.29 is 0 Å². The Hall–Kier alpha value is 0.240. The van der Waals surface area contributed by atoms with Gasteiger partial charge >= 0.3 is 0 Å². The second kappa shape index (κ2) is 2.88. The fourth-order valence-electron chi connectivity index (χ4n) is 0.552. The first kappa shape index (κ1) is 7.35. The van der Waals surface area contributed by atoms with Crippen LogP contribution in [-0.2, 0) is 0 Å². The van der Waals surface area contributed by atoms with Crippen LogP contribution in [0.3, 0.4) is 0 Å². The molecule has 4 heteroatoms. The summed E-state index contributed by atoms with van der Waals surface area (Å²) in [7, 11) is 2.47. The summed E-state index contributed by atoms with van der Waals surface area (Å²) in [4.78, 5) is 8.15. The van der Waals surface area contributed by atoms with Gasteiger partial charge in [0.15, 0.2) is 0 Å². The molecule has 0 spiro atoms. The Kier molecular flexibility index (Phi) is 2.35. The van der Waals surface area contributed by atoms with E-state index in [-0.39, 0.29) is 0 Å². The Morgan fingerprint density at radius 1 is 1.56 bits per heavy atom. The SMILES string of the molecule is Cc1cc(I)nc(P)n1. The van der Waals surface area contributed by atoms with Gasteiger partial charge in [0, 0.05) is 5.69 Å². The van der Waals surface area contributed by atoms with Crippen molar-refractivity contribution in [2.45, 2.75) is 6.92 Å². The van der Waals surface area contributed by atoms with Crippen molar-refractivity contribution in [1.29, 1.82) is 0 Å². The predicted molar refractivity (Wildman–Crippen MR) is 48.8 cm³/mol. The lowest BCUT2D eigenvalue weighted by Gasteiger charge is -1.93. The maximum Gasteiger partial charge on any atom is 0.145 e. The lowest BCUT2D eigenvalue weighted by molar-refractivity contribution is 1.13. The molecule has 0 saturated heterocycles. The third-order valence-electron chi connectivity index (χ3n) is 0.840. The first-order valence-corrected chi connectivity index (χ1v) is 4.11. The minimum Gasteiger partial charge on any atom is -0.234 e. The van der Waals surface area contributed by atoms with Crippen molar-refractivity contribution in [3.8, 4) is 0 Å². The van der Waals surface area contributed by atoms with Crippen LogP contribution < -0.4 is 5.57 Å². The van der Waals surface area contributed by atoms with Gasteiger partial charge in [0.25, 0.3) is 0 Å². The standard InChI is InChI=1S/C5H6IN2P/c1-3-2-4(6)8-5(9)7-3/h2H,9H2,1H3. The van der Waals surface area contributed by atoms with E-state index < -0.39 is 0 Å². The summed E-state index contributed by atoms with van der Waals surface area (Å²) >= 11 is 2.17. The van der Waals surface area contributed by atoms with Gasteiger partial charge in [-0.2, -0.15) is 0 Å². The van der Waals surface area contributed by atoms with Gasteiger partial charge in [0.05, 0.1) is 0 Å². The highest BCUT2D eigenvalue weighted by Gasteiger charge is 1.91. The average molecular weight is 252 g/mol. The highest BCUT2D eigenvalue weighted by atomic mass is 127. The van der Waals surface area contributed by atoms with Crippen molar-refractivity contribution in [2.24, 2.45) is 0 Å². The predicted octanol–water partition coefficient (Wildman–Crippen LogP) is 0.890. The Morgan fingerprint density at radius 3 is 2.67 bits per heavy atom. The summed E-state index contributed by atoms with van der Waals surface area (Å²) in [5.74, 6) is 0. The van der Waals surface area contributed by atoms with Crippen molar-refractivity contribution >= 4 is 37.4 Å². The van der Waals surface area contributed by atoms with Crippen LogP contribution in [0.2, 0.25) is 0 Å². The Labute approximate surface area is 69.8 Å². The molecule has 0 amide bonds. The zero-order chi connectivity index (χ0) is 6.85. The second-order valence-corrected chi connectivity index (χ2v) is 3.31. The van der Waals surface area contributed by atoms with Gasteiger partial charge in [-0.15, -0.1) is 0 Å². The first-order valence-electron chi connectivity index (χ1n) is 2.45. The van der Waals surface area contributed by atoms with Crippen LogP contribution in [0, 0.1) is 10.6 Å². The smallest absolute Gasteiger partial charge is 0.145 e. The van der Waals surface area contributed by atoms with E-state index in [2.05, 4.69) is 41.8 Å². The van der Waals surface area contributed by atoms with Gasteiger partial charge in [-0.1, -0.05) is 9.24 Å². The van der Waals surface area contributed by atoms with E-state index in [4.69, 9.17) is 0 Å². The molecule has 0 bridgehead atoms. The monoisotopic (exact) mass is 252 g/mol. The lowest BCUT2D eigenvalue weighted by Crippen LogP contribution is -2.06. The third-order valence-corrected chi connectivity index (χ3v) is 1.65. The van der Waals surface area contributed by atoms with Crippen molar-refractivity contribution in [1.82, 2.24) is 9.97 Å². The summed E-state index contributed by atoms with van der Waals surface area (Å²) < 4.78 is 0.991.